The van der Waals surface area contributed by atoms with Crippen molar-refractivity contribution < 1.29 is 9.84 Å². The predicted molar refractivity (Wildman–Crippen MR) is 70.9 cm³/mol. The van der Waals surface area contributed by atoms with Crippen molar-refractivity contribution in [1.82, 2.24) is 5.32 Å². The van der Waals surface area contributed by atoms with E-state index < -0.39 is 0 Å². The van der Waals surface area contributed by atoms with Crippen molar-refractivity contribution in [3.8, 4) is 5.75 Å². The Hall–Kier alpha value is -0.770. The SMILES string of the molecule is Cc1cc(OCCCNC[C@@H](C)O)ccc1Cl. The first kappa shape index (κ1) is 14.3. The molecule has 96 valence electrons. The summed E-state index contributed by atoms with van der Waals surface area (Å²) in [7, 11) is 0. The van der Waals surface area contributed by atoms with Gasteiger partial charge in [0.25, 0.3) is 0 Å². The van der Waals surface area contributed by atoms with Crippen LogP contribution in [0.3, 0.4) is 0 Å². The number of aliphatic hydroxyl groups is 1. The van der Waals surface area contributed by atoms with Gasteiger partial charge in [0.1, 0.15) is 5.75 Å². The molecule has 2 N–H and O–H groups in total. The van der Waals surface area contributed by atoms with Crippen LogP contribution >= 0.6 is 11.6 Å². The van der Waals surface area contributed by atoms with Crippen molar-refractivity contribution >= 4 is 11.6 Å². The second-order valence-electron chi connectivity index (χ2n) is 4.17. The van der Waals surface area contributed by atoms with E-state index >= 15 is 0 Å². The Balaban J connectivity index is 2.16. The van der Waals surface area contributed by atoms with Crippen molar-refractivity contribution in [1.29, 1.82) is 0 Å². The number of rotatable bonds is 7. The minimum absolute atomic E-state index is 0.296. The molecular weight excluding hydrogens is 238 g/mol. The van der Waals surface area contributed by atoms with Crippen molar-refractivity contribution in [3.05, 3.63) is 28.8 Å². The smallest absolute Gasteiger partial charge is 0.119 e. The van der Waals surface area contributed by atoms with Crippen LogP contribution in [0, 0.1) is 6.92 Å². The summed E-state index contributed by atoms with van der Waals surface area (Å²) in [5.74, 6) is 0.849. The Bertz CT molecular complexity index is 342. The van der Waals surface area contributed by atoms with E-state index in [0.717, 1.165) is 29.3 Å². The number of hydrogen-bond acceptors (Lipinski definition) is 3. The van der Waals surface area contributed by atoms with Crippen molar-refractivity contribution in [3.63, 3.8) is 0 Å². The number of aryl methyl sites for hydroxylation is 1. The molecule has 3 nitrogen and oxygen atoms in total. The summed E-state index contributed by atoms with van der Waals surface area (Å²) >= 11 is 5.92. The molecule has 17 heavy (non-hydrogen) atoms. The summed E-state index contributed by atoms with van der Waals surface area (Å²) < 4.78 is 5.59. The lowest BCUT2D eigenvalue weighted by Crippen LogP contribution is -2.26. The van der Waals surface area contributed by atoms with E-state index in [4.69, 9.17) is 21.4 Å². The maximum atomic E-state index is 9.04. The van der Waals surface area contributed by atoms with Gasteiger partial charge >= 0.3 is 0 Å². The molecule has 0 saturated heterocycles. The van der Waals surface area contributed by atoms with Crippen LogP contribution < -0.4 is 10.1 Å². The fourth-order valence-corrected chi connectivity index (χ4v) is 1.52. The second kappa shape index (κ2) is 7.54. The topological polar surface area (TPSA) is 41.5 Å². The molecule has 0 bridgehead atoms. The molecule has 0 unspecified atom stereocenters. The second-order valence-corrected chi connectivity index (χ2v) is 4.57. The van der Waals surface area contributed by atoms with Crippen LogP contribution in [0.5, 0.6) is 5.75 Å². The number of aliphatic hydroxyl groups excluding tert-OH is 1. The first-order chi connectivity index (χ1) is 8.09. The summed E-state index contributed by atoms with van der Waals surface area (Å²) in [5.41, 5.74) is 1.02. The van der Waals surface area contributed by atoms with Crippen LogP contribution in [-0.4, -0.2) is 30.9 Å². The first-order valence-corrected chi connectivity index (χ1v) is 6.25. The Kier molecular flexibility index (Phi) is 6.34. The highest BCUT2D eigenvalue weighted by atomic mass is 35.5. The minimum Gasteiger partial charge on any atom is -0.494 e. The van der Waals surface area contributed by atoms with Gasteiger partial charge in [-0.25, -0.2) is 0 Å². The molecule has 0 aliphatic rings. The number of nitrogens with one attached hydrogen (secondary N) is 1. The number of benzene rings is 1. The highest BCUT2D eigenvalue weighted by molar-refractivity contribution is 6.31. The summed E-state index contributed by atoms with van der Waals surface area (Å²) in [6, 6.07) is 5.65. The highest BCUT2D eigenvalue weighted by Gasteiger charge is 1.98. The molecule has 1 atom stereocenters. The number of halogens is 1. The van der Waals surface area contributed by atoms with Crippen molar-refractivity contribution in [2.24, 2.45) is 0 Å². The van der Waals surface area contributed by atoms with Crippen molar-refractivity contribution in [2.75, 3.05) is 19.7 Å². The maximum Gasteiger partial charge on any atom is 0.119 e. The largest absolute Gasteiger partial charge is 0.494 e. The van der Waals surface area contributed by atoms with Gasteiger partial charge in [-0.15, -0.1) is 0 Å². The standard InChI is InChI=1S/C13H20ClNO2/c1-10-8-12(4-5-13(10)14)17-7-3-6-15-9-11(2)16/h4-5,8,11,15-16H,3,6-7,9H2,1-2H3/t11-/m1/s1. The molecule has 1 aromatic carbocycles. The Morgan fingerprint density at radius 2 is 2.24 bits per heavy atom. The van der Waals surface area contributed by atoms with Gasteiger partial charge in [-0.3, -0.25) is 0 Å². The zero-order valence-electron chi connectivity index (χ0n) is 10.4. The van der Waals surface area contributed by atoms with E-state index in [2.05, 4.69) is 5.32 Å². The van der Waals surface area contributed by atoms with E-state index in [1.165, 1.54) is 0 Å². The molecule has 0 saturated carbocycles. The first-order valence-electron chi connectivity index (χ1n) is 5.87. The zero-order chi connectivity index (χ0) is 12.7. The molecule has 0 fully saturated rings. The minimum atomic E-state index is -0.296. The van der Waals surface area contributed by atoms with Gasteiger partial charge in [-0.2, -0.15) is 0 Å². The van der Waals surface area contributed by atoms with E-state index in [-0.39, 0.29) is 6.10 Å². The normalized spacial score (nSPS) is 12.5. The molecular formula is C13H20ClNO2. The van der Waals surface area contributed by atoms with Gasteiger partial charge in [0, 0.05) is 11.6 Å². The van der Waals surface area contributed by atoms with Crippen LogP contribution in [0.2, 0.25) is 5.02 Å². The summed E-state index contributed by atoms with van der Waals surface area (Å²) in [6.07, 6.45) is 0.615. The molecule has 1 aromatic rings. The lowest BCUT2D eigenvalue weighted by Gasteiger charge is -2.09. The molecule has 4 heteroatoms. The van der Waals surface area contributed by atoms with Gasteiger partial charge in [-0.05, 0) is 50.6 Å². The van der Waals surface area contributed by atoms with Crippen LogP contribution in [0.15, 0.2) is 18.2 Å². The average molecular weight is 258 g/mol. The van der Waals surface area contributed by atoms with Gasteiger partial charge < -0.3 is 15.2 Å². The lowest BCUT2D eigenvalue weighted by atomic mass is 10.2. The fourth-order valence-electron chi connectivity index (χ4n) is 1.41. The van der Waals surface area contributed by atoms with Crippen LogP contribution in [-0.2, 0) is 0 Å². The molecule has 0 aromatic heterocycles. The predicted octanol–water partition coefficient (Wildman–Crippen LogP) is 2.39. The summed E-state index contributed by atoms with van der Waals surface area (Å²) in [5, 5.41) is 12.9. The molecule has 0 spiro atoms. The molecule has 1 rings (SSSR count). The third kappa shape index (κ3) is 5.91. The Labute approximate surface area is 108 Å². The van der Waals surface area contributed by atoms with E-state index in [0.29, 0.717) is 13.2 Å². The van der Waals surface area contributed by atoms with Gasteiger partial charge in [0.15, 0.2) is 0 Å². The fraction of sp³-hybridized carbons (Fsp3) is 0.538. The lowest BCUT2D eigenvalue weighted by molar-refractivity contribution is 0.190. The van der Waals surface area contributed by atoms with Gasteiger partial charge in [0.05, 0.1) is 12.7 Å². The third-order valence-electron chi connectivity index (χ3n) is 2.34. The monoisotopic (exact) mass is 257 g/mol. The molecule has 0 heterocycles. The zero-order valence-corrected chi connectivity index (χ0v) is 11.1. The quantitative estimate of drug-likeness (QED) is 0.737. The van der Waals surface area contributed by atoms with Crippen LogP contribution in [0.1, 0.15) is 18.9 Å². The Morgan fingerprint density at radius 1 is 1.47 bits per heavy atom. The van der Waals surface area contributed by atoms with Crippen molar-refractivity contribution in [2.45, 2.75) is 26.4 Å². The van der Waals surface area contributed by atoms with Gasteiger partial charge in [0.2, 0.25) is 0 Å². The Morgan fingerprint density at radius 3 is 2.88 bits per heavy atom. The molecule has 0 aliphatic carbocycles. The highest BCUT2D eigenvalue weighted by Crippen LogP contribution is 2.20. The summed E-state index contributed by atoms with van der Waals surface area (Å²) in [6.45, 7) is 5.85. The van der Waals surface area contributed by atoms with E-state index in [1.54, 1.807) is 6.92 Å². The van der Waals surface area contributed by atoms with Crippen LogP contribution in [0.25, 0.3) is 0 Å². The van der Waals surface area contributed by atoms with E-state index in [1.807, 2.05) is 25.1 Å². The summed E-state index contributed by atoms with van der Waals surface area (Å²) in [4.78, 5) is 0. The number of ether oxygens (including phenoxy) is 1. The molecule has 0 aliphatic heterocycles. The maximum absolute atomic E-state index is 9.04. The molecule has 0 radical (unpaired) electrons. The number of hydrogen-bond donors (Lipinski definition) is 2. The van der Waals surface area contributed by atoms with Crippen LogP contribution in [0.4, 0.5) is 0 Å². The molecule has 0 amide bonds. The van der Waals surface area contributed by atoms with E-state index in [9.17, 15) is 0 Å². The average Bonchev–Trinajstić information content (AvgIpc) is 2.27. The third-order valence-corrected chi connectivity index (χ3v) is 2.76. The van der Waals surface area contributed by atoms with Gasteiger partial charge in [-0.1, -0.05) is 11.6 Å².